The third-order valence-corrected chi connectivity index (χ3v) is 3.14. The van der Waals surface area contributed by atoms with Crippen molar-refractivity contribution in [3.05, 3.63) is 35.9 Å². The van der Waals surface area contributed by atoms with Crippen LogP contribution >= 0.6 is 15.9 Å². The molecule has 1 aromatic rings. The number of carbonyl (C=O) groups is 3. The maximum absolute atomic E-state index is 11.5. The number of imide groups is 1. The van der Waals surface area contributed by atoms with Crippen molar-refractivity contribution >= 4 is 33.9 Å². The van der Waals surface area contributed by atoms with Crippen molar-refractivity contribution < 1.29 is 23.9 Å². The molecule has 2 atom stereocenters. The van der Waals surface area contributed by atoms with Gasteiger partial charge in [0, 0.05) is 5.56 Å². The molecule has 6 nitrogen and oxygen atoms in total. The molecule has 0 radical (unpaired) electrons. The molecule has 100 valence electrons. The molecule has 1 saturated heterocycles. The molecule has 0 saturated carbocycles. The zero-order valence-electron chi connectivity index (χ0n) is 9.67. The summed E-state index contributed by atoms with van der Waals surface area (Å²) in [7, 11) is 0. The molecule has 2 amide bonds. The number of benzene rings is 1. The first-order valence-corrected chi connectivity index (χ1v) is 6.38. The van der Waals surface area contributed by atoms with Gasteiger partial charge in [-0.1, -0.05) is 30.3 Å². The average molecular weight is 328 g/mol. The highest BCUT2D eigenvalue weighted by atomic mass is 79.9. The summed E-state index contributed by atoms with van der Waals surface area (Å²) in [5.41, 5.74) is 0.728. The number of amides is 2. The number of ether oxygens (including phenoxy) is 2. The smallest absolute Gasteiger partial charge is 0.420 e. The zero-order valence-corrected chi connectivity index (χ0v) is 11.3. The van der Waals surface area contributed by atoms with E-state index in [1.807, 2.05) is 11.4 Å². The molecule has 1 aliphatic heterocycles. The summed E-state index contributed by atoms with van der Waals surface area (Å²) in [6.07, 6.45) is -2.30. The molecule has 0 bridgehead atoms. The standard InChI is InChI=1S/C12H10BrNO5/c13-10(7-4-2-1-3-5-7)19-12(17)18-8-6-9(15)14-11(8)16/h1-5,8,10H,6H2,(H,14,15,16). The number of alkyl halides is 1. The molecular formula is C12H10BrNO5. The van der Waals surface area contributed by atoms with E-state index in [0.717, 1.165) is 5.56 Å². The van der Waals surface area contributed by atoms with E-state index < -0.39 is 29.1 Å². The van der Waals surface area contributed by atoms with Crippen molar-refractivity contribution in [3.8, 4) is 0 Å². The molecule has 1 heterocycles. The molecule has 1 aromatic carbocycles. The third-order valence-electron chi connectivity index (χ3n) is 2.43. The SMILES string of the molecule is O=C1CC(OC(=O)OC(Br)c2ccccc2)C(=O)N1. The molecule has 0 spiro atoms. The summed E-state index contributed by atoms with van der Waals surface area (Å²) in [6.45, 7) is 0. The van der Waals surface area contributed by atoms with E-state index in [2.05, 4.69) is 15.9 Å². The summed E-state index contributed by atoms with van der Waals surface area (Å²) in [4.78, 5) is 33.6. The summed E-state index contributed by atoms with van der Waals surface area (Å²) >= 11 is 3.17. The molecule has 19 heavy (non-hydrogen) atoms. The number of halogens is 1. The Morgan fingerprint density at radius 2 is 2.00 bits per heavy atom. The van der Waals surface area contributed by atoms with Gasteiger partial charge in [-0.15, -0.1) is 0 Å². The highest BCUT2D eigenvalue weighted by Gasteiger charge is 2.34. The van der Waals surface area contributed by atoms with E-state index in [1.54, 1.807) is 24.3 Å². The first kappa shape index (κ1) is 13.5. The fourth-order valence-corrected chi connectivity index (χ4v) is 1.98. The van der Waals surface area contributed by atoms with Crippen LogP contribution in [0.4, 0.5) is 4.79 Å². The fourth-order valence-electron chi connectivity index (χ4n) is 1.53. The Hall–Kier alpha value is -1.89. The molecular weight excluding hydrogens is 318 g/mol. The highest BCUT2D eigenvalue weighted by molar-refractivity contribution is 9.09. The predicted molar refractivity (Wildman–Crippen MR) is 67.2 cm³/mol. The Bertz CT molecular complexity index is 504. The molecule has 7 heteroatoms. The van der Waals surface area contributed by atoms with Gasteiger partial charge in [-0.25, -0.2) is 4.79 Å². The summed E-state index contributed by atoms with van der Waals surface area (Å²) < 4.78 is 9.71. The lowest BCUT2D eigenvalue weighted by atomic mass is 10.2. The van der Waals surface area contributed by atoms with Crippen molar-refractivity contribution in [3.63, 3.8) is 0 Å². The Morgan fingerprint density at radius 3 is 2.58 bits per heavy atom. The lowest BCUT2D eigenvalue weighted by Gasteiger charge is -2.13. The molecule has 0 aliphatic carbocycles. The molecule has 1 fully saturated rings. The van der Waals surface area contributed by atoms with Crippen molar-refractivity contribution in [2.75, 3.05) is 0 Å². The topological polar surface area (TPSA) is 81.7 Å². The maximum atomic E-state index is 11.5. The molecule has 0 aromatic heterocycles. The van der Waals surface area contributed by atoms with Crippen molar-refractivity contribution in [2.24, 2.45) is 0 Å². The Balaban J connectivity index is 1.88. The van der Waals surface area contributed by atoms with Crippen LogP contribution in [0.5, 0.6) is 0 Å². The second-order valence-corrected chi connectivity index (χ2v) is 4.65. The Morgan fingerprint density at radius 1 is 1.32 bits per heavy atom. The van der Waals surface area contributed by atoms with Crippen LogP contribution < -0.4 is 5.32 Å². The first-order valence-electron chi connectivity index (χ1n) is 5.46. The van der Waals surface area contributed by atoms with Crippen molar-refractivity contribution in [1.82, 2.24) is 5.32 Å². The van der Waals surface area contributed by atoms with E-state index in [0.29, 0.717) is 0 Å². The van der Waals surface area contributed by atoms with Crippen LogP contribution in [0.25, 0.3) is 0 Å². The minimum atomic E-state index is -1.12. The van der Waals surface area contributed by atoms with Crippen LogP contribution in [-0.4, -0.2) is 24.1 Å². The van der Waals surface area contributed by atoms with Crippen molar-refractivity contribution in [2.45, 2.75) is 17.5 Å². The van der Waals surface area contributed by atoms with Crippen LogP contribution in [0.2, 0.25) is 0 Å². The van der Waals surface area contributed by atoms with Gasteiger partial charge in [-0.3, -0.25) is 14.9 Å². The van der Waals surface area contributed by atoms with Crippen LogP contribution in [0.1, 0.15) is 17.0 Å². The Kier molecular flexibility index (Phi) is 4.16. The predicted octanol–water partition coefficient (Wildman–Crippen LogP) is 1.65. The van der Waals surface area contributed by atoms with Gasteiger partial charge in [0.2, 0.25) is 5.91 Å². The van der Waals surface area contributed by atoms with Gasteiger partial charge >= 0.3 is 6.16 Å². The molecule has 2 unspecified atom stereocenters. The maximum Gasteiger partial charge on any atom is 0.510 e. The molecule has 1 aliphatic rings. The molecule has 1 N–H and O–H groups in total. The van der Waals surface area contributed by atoms with Gasteiger partial charge in [0.1, 0.15) is 0 Å². The summed E-state index contributed by atoms with van der Waals surface area (Å²) in [5, 5.41) is 1.36. The second kappa shape index (κ2) is 5.83. The quantitative estimate of drug-likeness (QED) is 0.518. The van der Waals surface area contributed by atoms with Crippen LogP contribution in [0.3, 0.4) is 0 Å². The minimum Gasteiger partial charge on any atom is -0.420 e. The average Bonchev–Trinajstić information content (AvgIpc) is 2.68. The second-order valence-electron chi connectivity index (χ2n) is 3.82. The Labute approximate surface area is 117 Å². The van der Waals surface area contributed by atoms with Gasteiger partial charge in [0.05, 0.1) is 6.42 Å². The normalized spacial score (nSPS) is 19.7. The highest BCUT2D eigenvalue weighted by Crippen LogP contribution is 2.24. The van der Waals surface area contributed by atoms with Crippen LogP contribution in [0.15, 0.2) is 30.3 Å². The monoisotopic (exact) mass is 327 g/mol. The number of hydrogen-bond donors (Lipinski definition) is 1. The first-order chi connectivity index (χ1) is 9.06. The van der Waals surface area contributed by atoms with Gasteiger partial charge in [-0.05, 0) is 15.9 Å². The van der Waals surface area contributed by atoms with E-state index in [9.17, 15) is 14.4 Å². The van der Waals surface area contributed by atoms with E-state index >= 15 is 0 Å². The lowest BCUT2D eigenvalue weighted by Crippen LogP contribution is -2.28. The van der Waals surface area contributed by atoms with E-state index in [1.165, 1.54) is 0 Å². The van der Waals surface area contributed by atoms with Gasteiger partial charge in [0.25, 0.3) is 5.91 Å². The molecule has 2 rings (SSSR count). The fraction of sp³-hybridized carbons (Fsp3) is 0.250. The van der Waals surface area contributed by atoms with Gasteiger partial charge in [0.15, 0.2) is 11.1 Å². The van der Waals surface area contributed by atoms with Gasteiger partial charge < -0.3 is 9.47 Å². The van der Waals surface area contributed by atoms with Crippen LogP contribution in [0, 0.1) is 0 Å². The van der Waals surface area contributed by atoms with E-state index in [-0.39, 0.29) is 6.42 Å². The summed E-state index contributed by atoms with van der Waals surface area (Å²) in [6, 6.07) is 8.94. The third kappa shape index (κ3) is 3.54. The number of rotatable bonds is 3. The number of nitrogens with one attached hydrogen (secondary N) is 1. The number of carbonyl (C=O) groups excluding carboxylic acids is 3. The van der Waals surface area contributed by atoms with Gasteiger partial charge in [-0.2, -0.15) is 0 Å². The van der Waals surface area contributed by atoms with Crippen LogP contribution in [-0.2, 0) is 19.1 Å². The number of hydrogen-bond acceptors (Lipinski definition) is 5. The summed E-state index contributed by atoms with van der Waals surface area (Å²) in [5.74, 6) is -1.10. The lowest BCUT2D eigenvalue weighted by molar-refractivity contribution is -0.128. The largest absolute Gasteiger partial charge is 0.510 e. The minimum absolute atomic E-state index is 0.174. The van der Waals surface area contributed by atoms with Crippen molar-refractivity contribution in [1.29, 1.82) is 0 Å². The van der Waals surface area contributed by atoms with E-state index in [4.69, 9.17) is 9.47 Å². The zero-order chi connectivity index (χ0) is 13.8.